The van der Waals surface area contributed by atoms with Crippen LogP contribution in [0.15, 0.2) is 109 Å². The molecule has 0 saturated carbocycles. The molecule has 1 radical (unpaired) electrons. The number of thiophene rings is 1. The average molecular weight is 870 g/mol. The van der Waals surface area contributed by atoms with Crippen molar-refractivity contribution in [3.63, 3.8) is 0 Å². The fourth-order valence-corrected chi connectivity index (χ4v) is 9.12. The molecule has 47 heavy (non-hydrogen) atoms. The number of pyridine rings is 2. The van der Waals surface area contributed by atoms with Gasteiger partial charge in [-0.2, -0.15) is 11.3 Å². The summed E-state index contributed by atoms with van der Waals surface area (Å²) >= 11 is 0.126. The van der Waals surface area contributed by atoms with Crippen LogP contribution in [0.5, 0.6) is 0 Å². The Morgan fingerprint density at radius 1 is 0.702 bits per heavy atom. The Morgan fingerprint density at radius 2 is 1.45 bits per heavy atom. The molecular formula is C42H40GeIrN2S-2. The predicted octanol–water partition coefficient (Wildman–Crippen LogP) is 11.4. The molecule has 0 atom stereocenters. The van der Waals surface area contributed by atoms with E-state index in [0.717, 1.165) is 22.5 Å². The van der Waals surface area contributed by atoms with Gasteiger partial charge in [-0.15, -0.1) is 23.8 Å². The summed E-state index contributed by atoms with van der Waals surface area (Å²) in [6.45, 7) is 8.74. The van der Waals surface area contributed by atoms with Gasteiger partial charge in [-0.1, -0.05) is 67.3 Å². The molecule has 239 valence electrons. The van der Waals surface area contributed by atoms with Crippen LogP contribution < -0.4 is 4.40 Å². The number of aromatic nitrogens is 2. The monoisotopic (exact) mass is 871 g/mol. The van der Waals surface area contributed by atoms with Crippen molar-refractivity contribution in [2.24, 2.45) is 0 Å². The van der Waals surface area contributed by atoms with Gasteiger partial charge < -0.3 is 4.98 Å². The van der Waals surface area contributed by atoms with Crippen molar-refractivity contribution in [1.82, 2.24) is 9.97 Å². The molecule has 0 amide bonds. The Morgan fingerprint density at radius 3 is 2.11 bits per heavy atom. The van der Waals surface area contributed by atoms with Gasteiger partial charge in [0.1, 0.15) is 0 Å². The Hall–Kier alpha value is -3.41. The summed E-state index contributed by atoms with van der Waals surface area (Å²) in [4.78, 5) is 9.29. The summed E-state index contributed by atoms with van der Waals surface area (Å²) in [7, 11) is 0. The Labute approximate surface area is 300 Å². The molecule has 7 aromatic rings. The smallest absolute Gasteiger partial charge is 0 e. The zero-order valence-electron chi connectivity index (χ0n) is 28.1. The third kappa shape index (κ3) is 7.84. The van der Waals surface area contributed by atoms with E-state index in [4.69, 9.17) is 4.98 Å². The molecule has 0 saturated heterocycles. The zero-order chi connectivity index (χ0) is 32.4. The first kappa shape index (κ1) is 34.9. The topological polar surface area (TPSA) is 25.8 Å². The van der Waals surface area contributed by atoms with Gasteiger partial charge in [-0.3, -0.25) is 0 Å². The van der Waals surface area contributed by atoms with Crippen molar-refractivity contribution in [2.75, 3.05) is 0 Å². The predicted molar refractivity (Wildman–Crippen MR) is 202 cm³/mol. The minimum atomic E-state index is -1.72. The van der Waals surface area contributed by atoms with Gasteiger partial charge in [-0.25, -0.2) is 0 Å². The number of hydrogen-bond donors (Lipinski definition) is 0. The first-order chi connectivity index (χ1) is 22.1. The SMILES string of the molecule is Cc1ccc(-c2ccc3c(c2)sc2c(-c4cc(C(C)C)c(C)cn4)[c-]ccc23)cc1.[CH3][Ge]([CH3])([CH3])[c]1ccc(-c2[c-]cccc2)nc1.[Ir]. The molecule has 0 bridgehead atoms. The molecule has 0 unspecified atom stereocenters. The van der Waals surface area contributed by atoms with E-state index in [0.29, 0.717) is 5.92 Å². The second-order valence-corrected chi connectivity index (χ2v) is 25.0. The fraction of sp³-hybridized carbons (Fsp3) is 0.190. The number of fused-ring (bicyclic) bond motifs is 3. The molecule has 0 N–H and O–H groups in total. The maximum Gasteiger partial charge on any atom is 0 e. The van der Waals surface area contributed by atoms with E-state index >= 15 is 0 Å². The van der Waals surface area contributed by atoms with Crippen molar-refractivity contribution in [3.05, 3.63) is 138 Å². The van der Waals surface area contributed by atoms with Crippen LogP contribution in [0.2, 0.25) is 17.3 Å². The zero-order valence-corrected chi connectivity index (χ0v) is 33.4. The molecule has 3 heterocycles. The second kappa shape index (κ2) is 14.8. The number of rotatable bonds is 5. The average Bonchev–Trinajstić information content (AvgIpc) is 3.44. The summed E-state index contributed by atoms with van der Waals surface area (Å²) in [5, 5.41) is 2.59. The van der Waals surface area contributed by atoms with Crippen LogP contribution >= 0.6 is 11.3 Å². The normalized spacial score (nSPS) is 11.3. The van der Waals surface area contributed by atoms with Gasteiger partial charge in [0.15, 0.2) is 0 Å². The Kier molecular flexibility index (Phi) is 11.0. The number of hydrogen-bond acceptors (Lipinski definition) is 3. The van der Waals surface area contributed by atoms with E-state index < -0.39 is 13.3 Å². The molecule has 0 aliphatic rings. The standard InChI is InChI=1S/C28H24NS.C14H16GeN.Ir/c1-17(2)25-15-26(29-16-19(25)4)24-7-5-6-23-22-13-12-21(14-27(22)30-28(23)24)20-10-8-18(3)9-11-20;1-15(2,3)13-9-10-14(16-11-13)12-7-5-4-6-8-12;/h5-6,8-17H,1-4H3;4-7,9-11H,1-3H3;/q2*-1;. The molecule has 5 heteroatoms. The molecule has 0 fully saturated rings. The largest absolute Gasteiger partial charge is 0 e. The minimum Gasteiger partial charge on any atom is 0 e. The van der Waals surface area contributed by atoms with Crippen LogP contribution in [0.1, 0.15) is 36.5 Å². The van der Waals surface area contributed by atoms with Crippen molar-refractivity contribution < 1.29 is 20.1 Å². The van der Waals surface area contributed by atoms with Crippen molar-refractivity contribution in [1.29, 1.82) is 0 Å². The molecule has 2 nitrogen and oxygen atoms in total. The molecule has 0 spiro atoms. The van der Waals surface area contributed by atoms with Gasteiger partial charge in [0.05, 0.1) is 0 Å². The van der Waals surface area contributed by atoms with Crippen molar-refractivity contribution >= 4 is 49.2 Å². The maximum atomic E-state index is 4.76. The van der Waals surface area contributed by atoms with E-state index in [9.17, 15) is 0 Å². The molecule has 4 aromatic carbocycles. The summed E-state index contributed by atoms with van der Waals surface area (Å²) in [6.07, 6.45) is 4.04. The number of nitrogens with zero attached hydrogens (tertiary/aromatic N) is 2. The molecular weight excluding hydrogens is 829 g/mol. The van der Waals surface area contributed by atoms with E-state index in [-0.39, 0.29) is 20.1 Å². The van der Waals surface area contributed by atoms with Gasteiger partial charge in [0, 0.05) is 31.0 Å². The first-order valence-corrected chi connectivity index (χ1v) is 24.1. The molecule has 3 aromatic heterocycles. The van der Waals surface area contributed by atoms with Gasteiger partial charge in [0.2, 0.25) is 0 Å². The van der Waals surface area contributed by atoms with Gasteiger partial charge in [-0.05, 0) is 63.9 Å². The molecule has 7 rings (SSSR count). The van der Waals surface area contributed by atoms with E-state index in [1.807, 2.05) is 54.1 Å². The summed E-state index contributed by atoms with van der Waals surface area (Å²) < 4.78 is 4.01. The third-order valence-electron chi connectivity index (χ3n) is 8.46. The van der Waals surface area contributed by atoms with Crippen LogP contribution in [0.3, 0.4) is 0 Å². The van der Waals surface area contributed by atoms with Crippen molar-refractivity contribution in [3.8, 4) is 33.6 Å². The van der Waals surface area contributed by atoms with Crippen LogP contribution in [-0.4, -0.2) is 23.2 Å². The summed E-state index contributed by atoms with van der Waals surface area (Å²) in [6, 6.07) is 41.0. The number of benzene rings is 4. The van der Waals surface area contributed by atoms with Crippen LogP contribution in [0.4, 0.5) is 0 Å². The number of aryl methyl sites for hydroxylation is 2. The van der Waals surface area contributed by atoms with Crippen molar-refractivity contribution in [2.45, 2.75) is 50.9 Å². The van der Waals surface area contributed by atoms with Gasteiger partial charge in [0.25, 0.3) is 0 Å². The molecule has 0 aliphatic carbocycles. The van der Waals surface area contributed by atoms with Gasteiger partial charge >= 0.3 is 99.8 Å². The van der Waals surface area contributed by atoms with Crippen LogP contribution in [0.25, 0.3) is 53.8 Å². The summed E-state index contributed by atoms with van der Waals surface area (Å²) in [5.41, 5.74) is 10.6. The fourth-order valence-electron chi connectivity index (χ4n) is 5.70. The van der Waals surface area contributed by atoms with E-state index in [2.05, 4.69) is 129 Å². The first-order valence-electron chi connectivity index (χ1n) is 15.9. The Balaban J connectivity index is 0.000000217. The third-order valence-corrected chi connectivity index (χ3v) is 13.9. The van der Waals surface area contributed by atoms with E-state index in [1.165, 1.54) is 52.4 Å². The van der Waals surface area contributed by atoms with Crippen LogP contribution in [-0.2, 0) is 20.1 Å². The van der Waals surface area contributed by atoms with Crippen LogP contribution in [0, 0.1) is 26.0 Å². The summed E-state index contributed by atoms with van der Waals surface area (Å²) in [5.74, 6) is 7.62. The Bertz CT molecular complexity index is 2110. The van der Waals surface area contributed by atoms with E-state index in [1.54, 1.807) is 0 Å². The minimum absolute atomic E-state index is 0. The quantitative estimate of drug-likeness (QED) is 0.127. The maximum absolute atomic E-state index is 4.76. The second-order valence-electron chi connectivity index (χ2n) is 13.3. The molecule has 0 aliphatic heterocycles.